The van der Waals surface area contributed by atoms with E-state index < -0.39 is 0 Å². The second kappa shape index (κ2) is 6.84. The van der Waals surface area contributed by atoms with Crippen molar-refractivity contribution in [1.29, 1.82) is 0 Å². The molecule has 29 heavy (non-hydrogen) atoms. The van der Waals surface area contributed by atoms with E-state index in [4.69, 9.17) is 9.47 Å². The van der Waals surface area contributed by atoms with E-state index in [1.54, 1.807) is 6.33 Å². The second-order valence-corrected chi connectivity index (χ2v) is 8.22. The number of ether oxygens (including phenoxy) is 2. The minimum absolute atomic E-state index is 0.00752. The number of morpholine rings is 1. The molecule has 0 unspecified atom stereocenters. The standard InChI is InChI=1S/C22H25N5O2/c1-4-15-12-27(11-14(2)28-15)20-10-19(23-13-24-20)21-17-9-16(29-22(3)7-8-22)5-6-18(17)25-26-21/h4-6,9-10,13-15H,1,7-8,11-12H2,2-3H3,(H,25,26)/t14-,15+/m1/s1. The maximum atomic E-state index is 6.13. The summed E-state index contributed by atoms with van der Waals surface area (Å²) in [4.78, 5) is 11.2. The van der Waals surface area contributed by atoms with Crippen molar-refractivity contribution < 1.29 is 9.47 Å². The van der Waals surface area contributed by atoms with Crippen molar-refractivity contribution in [3.63, 3.8) is 0 Å². The van der Waals surface area contributed by atoms with Crippen LogP contribution in [0.15, 0.2) is 43.2 Å². The number of aromatic amines is 1. The van der Waals surface area contributed by atoms with Crippen molar-refractivity contribution in [3.8, 4) is 17.1 Å². The number of hydrogen-bond acceptors (Lipinski definition) is 6. The molecule has 2 aromatic heterocycles. The van der Waals surface area contributed by atoms with Crippen LogP contribution in [-0.2, 0) is 4.74 Å². The van der Waals surface area contributed by atoms with Crippen LogP contribution in [0.3, 0.4) is 0 Å². The van der Waals surface area contributed by atoms with Crippen LogP contribution in [0.2, 0.25) is 0 Å². The molecule has 0 amide bonds. The Kier molecular flexibility index (Phi) is 4.28. The molecule has 2 fully saturated rings. The number of fused-ring (bicyclic) bond motifs is 1. The van der Waals surface area contributed by atoms with E-state index in [2.05, 4.69) is 45.5 Å². The number of H-pyrrole nitrogens is 1. The van der Waals surface area contributed by atoms with Crippen LogP contribution in [0.4, 0.5) is 5.82 Å². The van der Waals surface area contributed by atoms with Crippen molar-refractivity contribution in [2.75, 3.05) is 18.0 Å². The first kappa shape index (κ1) is 18.1. The van der Waals surface area contributed by atoms with Crippen LogP contribution in [-0.4, -0.2) is 51.1 Å². The minimum Gasteiger partial charge on any atom is -0.488 e. The molecular formula is C22H25N5O2. The normalized spacial score (nSPS) is 23.2. The highest BCUT2D eigenvalue weighted by Crippen LogP contribution is 2.40. The number of anilines is 1. The Balaban J connectivity index is 1.48. The predicted octanol–water partition coefficient (Wildman–Crippen LogP) is 3.73. The summed E-state index contributed by atoms with van der Waals surface area (Å²) in [5, 5.41) is 8.62. The third-order valence-electron chi connectivity index (χ3n) is 5.62. The minimum atomic E-state index is -0.0195. The SMILES string of the molecule is C=C[C@H]1CN(c2cc(-c3n[nH]c4ccc(OC5(C)CC5)cc34)ncn2)C[C@@H](C)O1. The van der Waals surface area contributed by atoms with Gasteiger partial charge in [-0.2, -0.15) is 5.10 Å². The van der Waals surface area contributed by atoms with Crippen molar-refractivity contribution >= 4 is 16.7 Å². The molecule has 1 saturated carbocycles. The van der Waals surface area contributed by atoms with E-state index >= 15 is 0 Å². The van der Waals surface area contributed by atoms with Gasteiger partial charge in [-0.05, 0) is 44.9 Å². The first-order valence-electron chi connectivity index (χ1n) is 10.1. The van der Waals surface area contributed by atoms with Crippen molar-refractivity contribution in [2.24, 2.45) is 0 Å². The van der Waals surface area contributed by atoms with Gasteiger partial charge >= 0.3 is 0 Å². The maximum Gasteiger partial charge on any atom is 0.132 e. The Morgan fingerprint density at radius 2 is 2.14 bits per heavy atom. The second-order valence-electron chi connectivity index (χ2n) is 8.22. The lowest BCUT2D eigenvalue weighted by molar-refractivity contribution is 0.0102. The fraction of sp³-hybridized carbons (Fsp3) is 0.409. The summed E-state index contributed by atoms with van der Waals surface area (Å²) in [5.74, 6) is 1.73. The third kappa shape index (κ3) is 3.58. The predicted molar refractivity (Wildman–Crippen MR) is 112 cm³/mol. The molecule has 3 heterocycles. The number of hydrogen-bond donors (Lipinski definition) is 1. The molecule has 1 saturated heterocycles. The molecule has 0 radical (unpaired) electrons. The van der Waals surface area contributed by atoms with Crippen molar-refractivity contribution in [3.05, 3.63) is 43.2 Å². The quantitative estimate of drug-likeness (QED) is 0.668. The lowest BCUT2D eigenvalue weighted by Gasteiger charge is -2.36. The topological polar surface area (TPSA) is 76.2 Å². The van der Waals surface area contributed by atoms with Crippen LogP contribution in [0.25, 0.3) is 22.3 Å². The van der Waals surface area contributed by atoms with Gasteiger partial charge < -0.3 is 14.4 Å². The Bertz CT molecular complexity index is 1060. The molecule has 2 atom stereocenters. The molecule has 7 nitrogen and oxygen atoms in total. The Labute approximate surface area is 169 Å². The van der Waals surface area contributed by atoms with Crippen molar-refractivity contribution in [1.82, 2.24) is 20.2 Å². The van der Waals surface area contributed by atoms with Gasteiger partial charge in [-0.3, -0.25) is 5.10 Å². The highest BCUT2D eigenvalue weighted by molar-refractivity contribution is 5.93. The highest BCUT2D eigenvalue weighted by Gasteiger charge is 2.40. The summed E-state index contributed by atoms with van der Waals surface area (Å²) in [6, 6.07) is 8.03. The molecule has 150 valence electrons. The Morgan fingerprint density at radius 1 is 1.28 bits per heavy atom. The fourth-order valence-electron chi connectivity index (χ4n) is 3.77. The van der Waals surface area contributed by atoms with E-state index in [1.807, 2.05) is 30.3 Å². The Hall–Kier alpha value is -2.93. The van der Waals surface area contributed by atoms with Gasteiger partial charge in [0.15, 0.2) is 0 Å². The van der Waals surface area contributed by atoms with E-state index in [0.29, 0.717) is 0 Å². The van der Waals surface area contributed by atoms with Gasteiger partial charge in [-0.1, -0.05) is 6.08 Å². The molecule has 1 N–H and O–H groups in total. The summed E-state index contributed by atoms with van der Waals surface area (Å²) >= 11 is 0. The van der Waals surface area contributed by atoms with E-state index in [1.165, 1.54) is 0 Å². The van der Waals surface area contributed by atoms with Crippen LogP contribution in [0, 0.1) is 0 Å². The smallest absolute Gasteiger partial charge is 0.132 e. The van der Waals surface area contributed by atoms with Gasteiger partial charge in [0, 0.05) is 24.5 Å². The first-order valence-corrected chi connectivity index (χ1v) is 10.1. The van der Waals surface area contributed by atoms with Crippen LogP contribution >= 0.6 is 0 Å². The highest BCUT2D eigenvalue weighted by atomic mass is 16.5. The molecule has 2 aliphatic rings. The summed E-state index contributed by atoms with van der Waals surface area (Å²) in [6.07, 6.45) is 5.74. The van der Waals surface area contributed by atoms with Gasteiger partial charge in [-0.25, -0.2) is 9.97 Å². The lowest BCUT2D eigenvalue weighted by atomic mass is 10.1. The molecule has 1 aromatic carbocycles. The van der Waals surface area contributed by atoms with E-state index in [0.717, 1.165) is 59.8 Å². The van der Waals surface area contributed by atoms with E-state index in [-0.39, 0.29) is 17.8 Å². The molecule has 5 rings (SSSR count). The molecule has 7 heteroatoms. The van der Waals surface area contributed by atoms with Crippen molar-refractivity contribution in [2.45, 2.75) is 44.5 Å². The number of rotatable bonds is 5. The monoisotopic (exact) mass is 391 g/mol. The van der Waals surface area contributed by atoms with Gasteiger partial charge in [0.25, 0.3) is 0 Å². The van der Waals surface area contributed by atoms with Gasteiger partial charge in [0.05, 0.1) is 23.4 Å². The largest absolute Gasteiger partial charge is 0.488 e. The van der Waals surface area contributed by atoms with Crippen LogP contribution in [0.5, 0.6) is 5.75 Å². The number of benzene rings is 1. The van der Waals surface area contributed by atoms with E-state index in [9.17, 15) is 0 Å². The summed E-state index contributed by atoms with van der Waals surface area (Å²) in [5.41, 5.74) is 2.52. The van der Waals surface area contributed by atoms with Crippen LogP contribution < -0.4 is 9.64 Å². The van der Waals surface area contributed by atoms with Gasteiger partial charge in [0.1, 0.15) is 29.2 Å². The zero-order valence-electron chi connectivity index (χ0n) is 16.8. The molecule has 0 spiro atoms. The Morgan fingerprint density at radius 3 is 2.93 bits per heavy atom. The summed E-state index contributed by atoms with van der Waals surface area (Å²) < 4.78 is 12.0. The first-order chi connectivity index (χ1) is 14.0. The fourth-order valence-corrected chi connectivity index (χ4v) is 3.77. The average Bonchev–Trinajstić information content (AvgIpc) is 3.30. The molecule has 1 aliphatic carbocycles. The zero-order chi connectivity index (χ0) is 20.0. The lowest BCUT2D eigenvalue weighted by Crippen LogP contribution is -2.46. The van der Waals surface area contributed by atoms with Gasteiger partial charge in [0.2, 0.25) is 0 Å². The molecule has 0 bridgehead atoms. The molecular weight excluding hydrogens is 366 g/mol. The number of nitrogens with one attached hydrogen (secondary N) is 1. The molecule has 1 aliphatic heterocycles. The number of aromatic nitrogens is 4. The maximum absolute atomic E-state index is 6.13. The van der Waals surface area contributed by atoms with Gasteiger partial charge in [-0.15, -0.1) is 6.58 Å². The average molecular weight is 391 g/mol. The summed E-state index contributed by atoms with van der Waals surface area (Å²) in [6.45, 7) is 9.57. The summed E-state index contributed by atoms with van der Waals surface area (Å²) in [7, 11) is 0. The third-order valence-corrected chi connectivity index (χ3v) is 5.62. The molecule has 3 aromatic rings. The zero-order valence-corrected chi connectivity index (χ0v) is 16.8. The van der Waals surface area contributed by atoms with Crippen LogP contribution in [0.1, 0.15) is 26.7 Å². The number of nitrogens with zero attached hydrogens (tertiary/aromatic N) is 4.